The Morgan fingerprint density at radius 1 is 1.35 bits per heavy atom. The summed E-state index contributed by atoms with van der Waals surface area (Å²) in [5.41, 5.74) is 9.21. The van der Waals surface area contributed by atoms with Crippen molar-refractivity contribution in [1.82, 2.24) is 0 Å². The van der Waals surface area contributed by atoms with Crippen LogP contribution < -0.4 is 10.6 Å². The summed E-state index contributed by atoms with van der Waals surface area (Å²) >= 11 is 0. The molecule has 0 saturated carbocycles. The molecule has 0 aromatic heterocycles. The molecule has 0 aliphatic rings. The van der Waals surface area contributed by atoms with Gasteiger partial charge in [-0.3, -0.25) is 0 Å². The average Bonchev–Trinajstić information content (AvgIpc) is 2.26. The van der Waals surface area contributed by atoms with E-state index in [4.69, 9.17) is 10.8 Å². The minimum atomic E-state index is -0.493. The van der Waals surface area contributed by atoms with Crippen molar-refractivity contribution in [3.8, 4) is 0 Å². The molecule has 0 amide bonds. The van der Waals surface area contributed by atoms with Gasteiger partial charge in [-0.05, 0) is 38.8 Å². The monoisotopic (exact) mass is 236 g/mol. The number of aryl methyl sites for hydroxylation is 2. The molecule has 3 nitrogen and oxygen atoms in total. The van der Waals surface area contributed by atoms with Crippen LogP contribution in [-0.2, 0) is 0 Å². The normalized spacial score (nSPS) is 14.5. The first-order valence-corrected chi connectivity index (χ1v) is 6.04. The van der Waals surface area contributed by atoms with Gasteiger partial charge in [-0.25, -0.2) is 0 Å². The van der Waals surface area contributed by atoms with Gasteiger partial charge < -0.3 is 15.7 Å². The Kier molecular flexibility index (Phi) is 4.54. The predicted molar refractivity (Wildman–Crippen MR) is 73.5 cm³/mol. The first-order chi connectivity index (χ1) is 7.85. The van der Waals surface area contributed by atoms with Crippen LogP contribution >= 0.6 is 0 Å². The zero-order valence-corrected chi connectivity index (χ0v) is 11.3. The highest BCUT2D eigenvalue weighted by Gasteiger charge is 2.17. The van der Waals surface area contributed by atoms with Crippen molar-refractivity contribution in [3.63, 3.8) is 0 Å². The fourth-order valence-corrected chi connectivity index (χ4v) is 1.86. The van der Waals surface area contributed by atoms with E-state index in [1.54, 1.807) is 0 Å². The van der Waals surface area contributed by atoms with E-state index in [-0.39, 0.29) is 6.61 Å². The van der Waals surface area contributed by atoms with E-state index in [1.807, 2.05) is 6.92 Å². The Balaban J connectivity index is 2.67. The maximum atomic E-state index is 9.12. The van der Waals surface area contributed by atoms with Crippen LogP contribution in [0.1, 0.15) is 24.5 Å². The standard InChI is InChI=1S/C14H24N2O/c1-11-5-6-13(12(2)9-11)16(4)8-7-14(3,15)10-17/h5-6,9,17H,7-8,10,15H2,1-4H3. The largest absolute Gasteiger partial charge is 0.394 e. The molecule has 0 spiro atoms. The molecular weight excluding hydrogens is 212 g/mol. The molecule has 0 fully saturated rings. The van der Waals surface area contributed by atoms with Gasteiger partial charge in [-0.15, -0.1) is 0 Å². The van der Waals surface area contributed by atoms with Crippen molar-refractivity contribution < 1.29 is 5.11 Å². The highest BCUT2D eigenvalue weighted by Crippen LogP contribution is 2.20. The van der Waals surface area contributed by atoms with Crippen LogP contribution in [0.5, 0.6) is 0 Å². The van der Waals surface area contributed by atoms with Crippen molar-refractivity contribution in [2.24, 2.45) is 5.73 Å². The fourth-order valence-electron chi connectivity index (χ4n) is 1.86. The van der Waals surface area contributed by atoms with Gasteiger partial charge in [0.25, 0.3) is 0 Å². The van der Waals surface area contributed by atoms with E-state index in [0.717, 1.165) is 13.0 Å². The van der Waals surface area contributed by atoms with Gasteiger partial charge in [-0.2, -0.15) is 0 Å². The van der Waals surface area contributed by atoms with Crippen LogP contribution in [0.2, 0.25) is 0 Å². The summed E-state index contributed by atoms with van der Waals surface area (Å²) in [5, 5.41) is 9.12. The molecule has 0 radical (unpaired) electrons. The number of anilines is 1. The second kappa shape index (κ2) is 5.52. The highest BCUT2D eigenvalue weighted by atomic mass is 16.3. The van der Waals surface area contributed by atoms with Gasteiger partial charge >= 0.3 is 0 Å². The van der Waals surface area contributed by atoms with Gasteiger partial charge in [0.1, 0.15) is 0 Å². The zero-order chi connectivity index (χ0) is 13.1. The second-order valence-corrected chi connectivity index (χ2v) is 5.27. The van der Waals surface area contributed by atoms with Crippen molar-refractivity contribution >= 4 is 5.69 Å². The van der Waals surface area contributed by atoms with Crippen molar-refractivity contribution in [3.05, 3.63) is 29.3 Å². The molecule has 1 atom stereocenters. The molecular formula is C14H24N2O. The van der Waals surface area contributed by atoms with E-state index in [0.29, 0.717) is 0 Å². The van der Waals surface area contributed by atoms with Crippen LogP contribution in [-0.4, -0.2) is 30.8 Å². The van der Waals surface area contributed by atoms with Crippen LogP contribution in [0, 0.1) is 13.8 Å². The summed E-state index contributed by atoms with van der Waals surface area (Å²) in [4.78, 5) is 2.19. The molecule has 0 aliphatic carbocycles. The molecule has 1 rings (SSSR count). The third-order valence-corrected chi connectivity index (χ3v) is 3.14. The number of aliphatic hydroxyl groups is 1. The summed E-state index contributed by atoms with van der Waals surface area (Å²) in [6, 6.07) is 6.43. The number of benzene rings is 1. The molecule has 0 aliphatic heterocycles. The van der Waals surface area contributed by atoms with Gasteiger partial charge in [0, 0.05) is 24.8 Å². The molecule has 96 valence electrons. The lowest BCUT2D eigenvalue weighted by Crippen LogP contribution is -2.43. The molecule has 0 heterocycles. The Morgan fingerprint density at radius 2 is 2.00 bits per heavy atom. The predicted octanol–water partition coefficient (Wildman–Crippen LogP) is 1.84. The van der Waals surface area contributed by atoms with E-state index >= 15 is 0 Å². The maximum Gasteiger partial charge on any atom is 0.0609 e. The average molecular weight is 236 g/mol. The van der Waals surface area contributed by atoms with Crippen LogP contribution in [0.3, 0.4) is 0 Å². The lowest BCUT2D eigenvalue weighted by molar-refractivity contribution is 0.202. The van der Waals surface area contributed by atoms with Gasteiger partial charge in [-0.1, -0.05) is 17.7 Å². The minimum absolute atomic E-state index is 0.0215. The smallest absolute Gasteiger partial charge is 0.0609 e. The molecule has 1 aromatic carbocycles. The Labute approximate surface area is 104 Å². The first kappa shape index (κ1) is 14.0. The van der Waals surface area contributed by atoms with Crippen molar-refractivity contribution in [2.45, 2.75) is 32.7 Å². The maximum absolute atomic E-state index is 9.12. The quantitative estimate of drug-likeness (QED) is 0.820. The molecule has 0 saturated heterocycles. The summed E-state index contributed by atoms with van der Waals surface area (Å²) in [6.45, 7) is 6.96. The van der Waals surface area contributed by atoms with E-state index in [2.05, 4.69) is 44.0 Å². The topological polar surface area (TPSA) is 49.5 Å². The van der Waals surface area contributed by atoms with E-state index < -0.39 is 5.54 Å². The summed E-state index contributed by atoms with van der Waals surface area (Å²) in [5.74, 6) is 0. The number of hydrogen-bond donors (Lipinski definition) is 2. The lowest BCUT2D eigenvalue weighted by atomic mass is 10.00. The van der Waals surface area contributed by atoms with Crippen LogP contribution in [0.4, 0.5) is 5.69 Å². The molecule has 3 heteroatoms. The Hall–Kier alpha value is -1.06. The third kappa shape index (κ3) is 4.02. The van der Waals surface area contributed by atoms with Crippen LogP contribution in [0.25, 0.3) is 0 Å². The van der Waals surface area contributed by atoms with Crippen LogP contribution in [0.15, 0.2) is 18.2 Å². The van der Waals surface area contributed by atoms with Gasteiger partial charge in [0.2, 0.25) is 0 Å². The zero-order valence-electron chi connectivity index (χ0n) is 11.3. The summed E-state index contributed by atoms with van der Waals surface area (Å²) < 4.78 is 0. The molecule has 0 bridgehead atoms. The second-order valence-electron chi connectivity index (χ2n) is 5.27. The van der Waals surface area contributed by atoms with E-state index in [9.17, 15) is 0 Å². The first-order valence-electron chi connectivity index (χ1n) is 6.04. The fraction of sp³-hybridized carbons (Fsp3) is 0.571. The third-order valence-electron chi connectivity index (χ3n) is 3.14. The van der Waals surface area contributed by atoms with Gasteiger partial charge in [0.15, 0.2) is 0 Å². The molecule has 3 N–H and O–H groups in total. The Morgan fingerprint density at radius 3 is 2.53 bits per heavy atom. The highest BCUT2D eigenvalue weighted by molar-refractivity contribution is 5.53. The number of rotatable bonds is 5. The van der Waals surface area contributed by atoms with E-state index in [1.165, 1.54) is 16.8 Å². The molecule has 1 unspecified atom stereocenters. The molecule has 1 aromatic rings. The van der Waals surface area contributed by atoms with Gasteiger partial charge in [0.05, 0.1) is 6.61 Å². The number of nitrogens with two attached hydrogens (primary N) is 1. The number of nitrogens with zero attached hydrogens (tertiary/aromatic N) is 1. The summed E-state index contributed by atoms with van der Waals surface area (Å²) in [6.07, 6.45) is 0.771. The molecule has 17 heavy (non-hydrogen) atoms. The summed E-state index contributed by atoms with van der Waals surface area (Å²) in [7, 11) is 2.06. The Bertz CT molecular complexity index is 374. The number of aliphatic hydroxyl groups excluding tert-OH is 1. The minimum Gasteiger partial charge on any atom is -0.394 e. The lowest BCUT2D eigenvalue weighted by Gasteiger charge is -2.27. The van der Waals surface area contributed by atoms with Crippen molar-refractivity contribution in [2.75, 3.05) is 25.1 Å². The SMILES string of the molecule is Cc1ccc(N(C)CCC(C)(N)CO)c(C)c1. The number of hydrogen-bond acceptors (Lipinski definition) is 3. The van der Waals surface area contributed by atoms with Crippen molar-refractivity contribution in [1.29, 1.82) is 0 Å².